The molecule has 1 aliphatic rings. The van der Waals surface area contributed by atoms with E-state index < -0.39 is 33.7 Å². The van der Waals surface area contributed by atoms with Crippen LogP contribution in [-0.4, -0.2) is 43.9 Å². The fraction of sp³-hybridized carbons (Fsp3) is 0.278. The molecule has 4 rings (SSSR count). The zero-order valence-electron chi connectivity index (χ0n) is 14.9. The number of rotatable bonds is 4. The molecule has 0 aliphatic carbocycles. The number of nitrogens with one attached hydrogen (secondary N) is 2. The SMILES string of the molecule is O=c1[nH]ccc2cc(F)c(NS(=O)(=O)c3ccc(N4CC[C@H](F)[C@@H](O)C4)s3)cc12. The molecule has 154 valence electrons. The highest BCUT2D eigenvalue weighted by Gasteiger charge is 2.29. The van der Waals surface area contributed by atoms with Crippen LogP contribution in [0.3, 0.4) is 0 Å². The number of H-pyrrole nitrogens is 1. The second-order valence-electron chi connectivity index (χ2n) is 6.74. The van der Waals surface area contributed by atoms with Gasteiger partial charge in [-0.1, -0.05) is 0 Å². The third kappa shape index (κ3) is 3.85. The number of β-amino-alcohol motifs (C(OH)–C–C–N with tert-alkyl or cyclic N) is 1. The Morgan fingerprint density at radius 3 is 2.83 bits per heavy atom. The number of fused-ring (bicyclic) bond motifs is 1. The van der Waals surface area contributed by atoms with Crippen molar-refractivity contribution >= 4 is 42.8 Å². The van der Waals surface area contributed by atoms with Crippen LogP contribution in [0.2, 0.25) is 0 Å². The summed E-state index contributed by atoms with van der Waals surface area (Å²) in [6.07, 6.45) is -0.899. The third-order valence-electron chi connectivity index (χ3n) is 4.75. The van der Waals surface area contributed by atoms with Gasteiger partial charge in [0.2, 0.25) is 0 Å². The number of benzene rings is 1. The zero-order valence-corrected chi connectivity index (χ0v) is 16.6. The fourth-order valence-corrected chi connectivity index (χ4v) is 5.60. The van der Waals surface area contributed by atoms with Crippen LogP contribution in [-0.2, 0) is 10.0 Å². The number of piperidine rings is 1. The maximum Gasteiger partial charge on any atom is 0.271 e. The lowest BCUT2D eigenvalue weighted by molar-refractivity contribution is 0.0647. The van der Waals surface area contributed by atoms with E-state index in [1.807, 2.05) is 0 Å². The number of aromatic amines is 1. The molecule has 2 aromatic heterocycles. The molecule has 7 nitrogen and oxygen atoms in total. The average molecular weight is 441 g/mol. The molecular weight excluding hydrogens is 424 g/mol. The van der Waals surface area contributed by atoms with Gasteiger partial charge in [0.25, 0.3) is 15.6 Å². The van der Waals surface area contributed by atoms with Gasteiger partial charge in [-0.25, -0.2) is 17.2 Å². The number of halogens is 2. The van der Waals surface area contributed by atoms with Crippen LogP contribution in [0, 0.1) is 5.82 Å². The van der Waals surface area contributed by atoms with Gasteiger partial charge in [0.05, 0.1) is 10.7 Å². The Morgan fingerprint density at radius 2 is 2.07 bits per heavy atom. The molecule has 29 heavy (non-hydrogen) atoms. The number of aromatic nitrogens is 1. The Kier molecular flexibility index (Phi) is 5.05. The van der Waals surface area contributed by atoms with Gasteiger partial charge in [-0.15, -0.1) is 11.3 Å². The molecule has 1 fully saturated rings. The summed E-state index contributed by atoms with van der Waals surface area (Å²) in [6, 6.07) is 6.68. The first-order valence-electron chi connectivity index (χ1n) is 8.75. The summed E-state index contributed by atoms with van der Waals surface area (Å²) in [7, 11) is -4.11. The minimum absolute atomic E-state index is 0.0640. The molecule has 1 aromatic carbocycles. The summed E-state index contributed by atoms with van der Waals surface area (Å²) in [5.74, 6) is -0.809. The number of thiophene rings is 1. The molecule has 0 bridgehead atoms. The normalized spacial score (nSPS) is 20.2. The largest absolute Gasteiger partial charge is 0.388 e. The van der Waals surface area contributed by atoms with Crippen molar-refractivity contribution in [2.24, 2.45) is 0 Å². The molecule has 3 aromatic rings. The van der Waals surface area contributed by atoms with E-state index in [0.717, 1.165) is 23.5 Å². The average Bonchev–Trinajstić information content (AvgIpc) is 3.16. The van der Waals surface area contributed by atoms with Gasteiger partial charge in [0, 0.05) is 24.7 Å². The van der Waals surface area contributed by atoms with Gasteiger partial charge in [-0.2, -0.15) is 0 Å². The van der Waals surface area contributed by atoms with E-state index in [9.17, 15) is 27.1 Å². The highest BCUT2D eigenvalue weighted by molar-refractivity contribution is 7.94. The van der Waals surface area contributed by atoms with Crippen LogP contribution < -0.4 is 15.2 Å². The van der Waals surface area contributed by atoms with Crippen molar-refractivity contribution in [3.05, 3.63) is 52.7 Å². The number of anilines is 2. The Bertz CT molecular complexity index is 1230. The molecule has 11 heteroatoms. The number of aliphatic hydroxyl groups excluding tert-OH is 1. The highest BCUT2D eigenvalue weighted by atomic mass is 32.2. The van der Waals surface area contributed by atoms with Gasteiger partial charge in [-0.05, 0) is 42.1 Å². The van der Waals surface area contributed by atoms with Gasteiger partial charge < -0.3 is 15.0 Å². The molecule has 1 aliphatic heterocycles. The summed E-state index contributed by atoms with van der Waals surface area (Å²) in [5.41, 5.74) is -0.797. The van der Waals surface area contributed by atoms with Crippen molar-refractivity contribution in [3.63, 3.8) is 0 Å². The lowest BCUT2D eigenvalue weighted by Gasteiger charge is -2.32. The van der Waals surface area contributed by atoms with Crippen LogP contribution in [0.5, 0.6) is 0 Å². The maximum absolute atomic E-state index is 14.4. The van der Waals surface area contributed by atoms with Crippen molar-refractivity contribution in [1.29, 1.82) is 0 Å². The summed E-state index contributed by atoms with van der Waals surface area (Å²) in [6.45, 7) is 0.421. The van der Waals surface area contributed by atoms with Crippen LogP contribution in [0.1, 0.15) is 6.42 Å². The number of hydrogen-bond donors (Lipinski definition) is 3. The Morgan fingerprint density at radius 1 is 1.28 bits per heavy atom. The summed E-state index contributed by atoms with van der Waals surface area (Å²) < 4.78 is 55.3. The van der Waals surface area contributed by atoms with Crippen LogP contribution in [0.15, 0.2) is 45.5 Å². The van der Waals surface area contributed by atoms with E-state index in [1.54, 1.807) is 11.0 Å². The van der Waals surface area contributed by atoms with E-state index in [2.05, 4.69) is 9.71 Å². The first-order valence-corrected chi connectivity index (χ1v) is 11.1. The number of hydrogen-bond acceptors (Lipinski definition) is 6. The molecule has 3 heterocycles. The summed E-state index contributed by atoms with van der Waals surface area (Å²) in [5, 5.41) is 10.8. The van der Waals surface area contributed by atoms with Crippen molar-refractivity contribution in [1.82, 2.24) is 4.98 Å². The molecule has 0 radical (unpaired) electrons. The van der Waals surface area contributed by atoms with Gasteiger partial charge in [0.1, 0.15) is 22.3 Å². The van der Waals surface area contributed by atoms with Crippen molar-refractivity contribution in [2.45, 2.75) is 22.9 Å². The van der Waals surface area contributed by atoms with Gasteiger partial charge >= 0.3 is 0 Å². The summed E-state index contributed by atoms with van der Waals surface area (Å²) in [4.78, 5) is 16.1. The van der Waals surface area contributed by atoms with Crippen molar-refractivity contribution in [3.8, 4) is 0 Å². The van der Waals surface area contributed by atoms with E-state index in [1.165, 1.54) is 18.3 Å². The standard InChI is InChI=1S/C18H17F2N3O4S2/c19-12-4-6-23(9-15(12)24)16-1-2-17(28-16)29(26,27)22-14-8-11-10(7-13(14)20)3-5-21-18(11)25/h1-3,5,7-8,12,15,22,24H,4,6,9H2,(H,21,25)/t12-,15-/m0/s1. The molecule has 3 N–H and O–H groups in total. The minimum atomic E-state index is -4.11. The number of sulfonamides is 1. The maximum atomic E-state index is 14.4. The lowest BCUT2D eigenvalue weighted by atomic mass is 10.1. The predicted molar refractivity (Wildman–Crippen MR) is 107 cm³/mol. The van der Waals surface area contributed by atoms with E-state index >= 15 is 0 Å². The first-order chi connectivity index (χ1) is 13.7. The molecule has 1 saturated heterocycles. The Balaban J connectivity index is 1.61. The molecule has 0 saturated carbocycles. The number of nitrogens with zero attached hydrogens (tertiary/aromatic N) is 1. The monoisotopic (exact) mass is 441 g/mol. The first kappa shape index (κ1) is 19.8. The zero-order chi connectivity index (χ0) is 20.8. The quantitative estimate of drug-likeness (QED) is 0.577. The Labute approximate surface area is 168 Å². The fourth-order valence-electron chi connectivity index (χ4n) is 3.21. The van der Waals surface area contributed by atoms with Crippen molar-refractivity contribution in [2.75, 3.05) is 22.7 Å². The van der Waals surface area contributed by atoms with Crippen molar-refractivity contribution < 1.29 is 22.3 Å². The number of aliphatic hydroxyl groups is 1. The molecular formula is C18H17F2N3O4S2. The molecule has 2 atom stereocenters. The Hall–Kier alpha value is -2.50. The molecule has 0 amide bonds. The highest BCUT2D eigenvalue weighted by Crippen LogP contribution is 2.33. The second kappa shape index (κ2) is 7.39. The second-order valence-corrected chi connectivity index (χ2v) is 9.71. The van der Waals surface area contributed by atoms with E-state index in [4.69, 9.17) is 0 Å². The van der Waals surface area contributed by atoms with Gasteiger partial charge in [0.15, 0.2) is 0 Å². The molecule has 0 unspecified atom stereocenters. The molecule has 0 spiro atoms. The minimum Gasteiger partial charge on any atom is -0.388 e. The van der Waals surface area contributed by atoms with Crippen LogP contribution >= 0.6 is 11.3 Å². The van der Waals surface area contributed by atoms with E-state index in [0.29, 0.717) is 16.9 Å². The number of pyridine rings is 1. The van der Waals surface area contributed by atoms with E-state index in [-0.39, 0.29) is 28.2 Å². The topological polar surface area (TPSA) is 102 Å². The third-order valence-corrected chi connectivity index (χ3v) is 7.75. The van der Waals surface area contributed by atoms with Crippen LogP contribution in [0.4, 0.5) is 19.5 Å². The number of alkyl halides is 1. The predicted octanol–water partition coefficient (Wildman–Crippen LogP) is 2.44. The summed E-state index contributed by atoms with van der Waals surface area (Å²) >= 11 is 0.933. The smallest absolute Gasteiger partial charge is 0.271 e. The van der Waals surface area contributed by atoms with Crippen LogP contribution in [0.25, 0.3) is 10.8 Å². The lowest BCUT2D eigenvalue weighted by Crippen LogP contribution is -2.44. The van der Waals surface area contributed by atoms with Gasteiger partial charge in [-0.3, -0.25) is 9.52 Å².